The number of aliphatic hydroxyl groups is 1. The molecule has 2 aliphatic heterocycles. The molecule has 0 unspecified atom stereocenters. The Morgan fingerprint density at radius 3 is 1.73 bits per heavy atom. The van der Waals surface area contributed by atoms with Crippen LogP contribution in [0.4, 0.5) is 9.59 Å². The fraction of sp³-hybridized carbons (Fsp3) is 0.552. The number of nitrogens with zero attached hydrogens (tertiary/aromatic N) is 4. The van der Waals surface area contributed by atoms with Crippen molar-refractivity contribution in [2.75, 3.05) is 20.2 Å². The first-order chi connectivity index (χ1) is 18.7. The summed E-state index contributed by atoms with van der Waals surface area (Å²) in [6, 6.07) is 7.30. The van der Waals surface area contributed by atoms with E-state index in [0.29, 0.717) is 38.3 Å². The molecule has 2 amide bonds. The smallest absolute Gasteiger partial charge is 0.410 e. The maximum atomic E-state index is 12.1. The van der Waals surface area contributed by atoms with Gasteiger partial charge in [-0.3, -0.25) is 4.98 Å². The highest BCUT2D eigenvalue weighted by Gasteiger charge is 2.28. The molecule has 4 rings (SSSR count). The number of aliphatic hydroxyl groups excluding tert-OH is 1. The average Bonchev–Trinajstić information content (AvgIpc) is 2.89. The molecule has 0 saturated heterocycles. The molecule has 218 valence electrons. The molecule has 0 atom stereocenters. The van der Waals surface area contributed by atoms with Crippen LogP contribution in [0, 0.1) is 0 Å². The van der Waals surface area contributed by atoms with Crippen LogP contribution in [-0.2, 0) is 46.7 Å². The topological polar surface area (TPSA) is 131 Å². The Balaban J connectivity index is 0.000000222. The van der Waals surface area contributed by atoms with Gasteiger partial charge in [-0.1, -0.05) is 12.1 Å². The third-order valence-electron chi connectivity index (χ3n) is 6.04. The van der Waals surface area contributed by atoms with E-state index in [-0.39, 0.29) is 24.5 Å². The molecule has 2 aromatic rings. The molecule has 0 saturated carbocycles. The standard InChI is InChI=1S/C15H20N2O4.C14H20N2O3/c1-15(2,3)21-14(19)17-8-7-10-5-6-11(13(18)20-4)16-12(10)9-17;1-14(2,3)19-13(18)16-7-6-10-4-5-11(9-17)15-12(10)8-16/h5-6H,7-9H2,1-4H3;4-5,17H,6-9H2,1-3H3. The van der Waals surface area contributed by atoms with Gasteiger partial charge in [0.25, 0.3) is 0 Å². The molecule has 11 heteroatoms. The van der Waals surface area contributed by atoms with Crippen LogP contribution in [0.5, 0.6) is 0 Å². The number of hydrogen-bond donors (Lipinski definition) is 1. The number of carbonyl (C=O) groups excluding carboxylic acids is 3. The van der Waals surface area contributed by atoms with Crippen molar-refractivity contribution in [3.8, 4) is 0 Å². The Kier molecular flexibility index (Phi) is 9.73. The monoisotopic (exact) mass is 556 g/mol. The highest BCUT2D eigenvalue weighted by molar-refractivity contribution is 5.87. The second-order valence-electron chi connectivity index (χ2n) is 11.7. The van der Waals surface area contributed by atoms with Crippen LogP contribution in [0.2, 0.25) is 0 Å². The van der Waals surface area contributed by atoms with Gasteiger partial charge in [-0.15, -0.1) is 0 Å². The number of carbonyl (C=O) groups is 3. The molecule has 2 aromatic heterocycles. The van der Waals surface area contributed by atoms with E-state index >= 15 is 0 Å². The summed E-state index contributed by atoms with van der Waals surface area (Å²) in [5.41, 5.74) is 3.61. The molecule has 0 radical (unpaired) electrons. The first-order valence-electron chi connectivity index (χ1n) is 13.3. The van der Waals surface area contributed by atoms with E-state index in [1.165, 1.54) is 7.11 Å². The van der Waals surface area contributed by atoms with Crippen LogP contribution < -0.4 is 0 Å². The SMILES string of the molecule is CC(C)(C)OC(=O)N1CCc2ccc(CO)nc2C1.COC(=O)c1ccc2c(n1)CN(C(=O)OC(C)(C)C)CC2. The minimum Gasteiger partial charge on any atom is -0.464 e. The lowest BCUT2D eigenvalue weighted by Gasteiger charge is -2.30. The van der Waals surface area contributed by atoms with Gasteiger partial charge in [-0.05, 0) is 77.6 Å². The fourth-order valence-corrected chi connectivity index (χ4v) is 4.14. The van der Waals surface area contributed by atoms with Gasteiger partial charge in [0, 0.05) is 13.1 Å². The van der Waals surface area contributed by atoms with Crippen molar-refractivity contribution in [3.05, 3.63) is 58.2 Å². The number of esters is 1. The lowest BCUT2D eigenvalue weighted by molar-refractivity contribution is 0.0210. The molecule has 0 bridgehead atoms. The molecule has 11 nitrogen and oxygen atoms in total. The zero-order chi connectivity index (χ0) is 29.7. The molecule has 0 spiro atoms. The molecule has 2 aliphatic rings. The normalized spacial score (nSPS) is 14.7. The Labute approximate surface area is 235 Å². The summed E-state index contributed by atoms with van der Waals surface area (Å²) in [4.78, 5) is 47.5. The van der Waals surface area contributed by atoms with Gasteiger partial charge in [0.1, 0.15) is 16.9 Å². The van der Waals surface area contributed by atoms with Crippen LogP contribution in [0.25, 0.3) is 0 Å². The van der Waals surface area contributed by atoms with Crippen LogP contribution in [0.1, 0.15) is 80.2 Å². The third kappa shape index (κ3) is 8.64. The van der Waals surface area contributed by atoms with Gasteiger partial charge in [0.05, 0.1) is 43.9 Å². The van der Waals surface area contributed by atoms with Crippen molar-refractivity contribution < 1.29 is 33.7 Å². The van der Waals surface area contributed by atoms with E-state index in [1.807, 2.05) is 59.7 Å². The molecule has 0 fully saturated rings. The number of aromatic nitrogens is 2. The zero-order valence-corrected chi connectivity index (χ0v) is 24.4. The summed E-state index contributed by atoms with van der Waals surface area (Å²) in [6.07, 6.45) is 0.795. The largest absolute Gasteiger partial charge is 0.464 e. The van der Waals surface area contributed by atoms with Gasteiger partial charge in [0.15, 0.2) is 0 Å². The zero-order valence-electron chi connectivity index (χ0n) is 24.4. The third-order valence-corrected chi connectivity index (χ3v) is 6.04. The highest BCUT2D eigenvalue weighted by Crippen LogP contribution is 2.21. The number of amides is 2. The highest BCUT2D eigenvalue weighted by atomic mass is 16.6. The number of fused-ring (bicyclic) bond motifs is 2. The number of hydrogen-bond acceptors (Lipinski definition) is 9. The van der Waals surface area contributed by atoms with E-state index in [4.69, 9.17) is 14.6 Å². The minimum absolute atomic E-state index is 0.0836. The van der Waals surface area contributed by atoms with Crippen LogP contribution in [-0.4, -0.2) is 74.4 Å². The average molecular weight is 557 g/mol. The van der Waals surface area contributed by atoms with Gasteiger partial charge in [-0.2, -0.15) is 0 Å². The van der Waals surface area contributed by atoms with E-state index in [0.717, 1.165) is 28.9 Å². The van der Waals surface area contributed by atoms with Gasteiger partial charge < -0.3 is 29.1 Å². The Morgan fingerprint density at radius 1 is 0.800 bits per heavy atom. The molecule has 0 aromatic carbocycles. The molecular weight excluding hydrogens is 516 g/mol. The molecule has 0 aliphatic carbocycles. The van der Waals surface area contributed by atoms with Crippen molar-refractivity contribution in [2.45, 2.75) is 85.3 Å². The van der Waals surface area contributed by atoms with Crippen molar-refractivity contribution in [2.24, 2.45) is 0 Å². The first kappa shape index (κ1) is 30.8. The van der Waals surface area contributed by atoms with Crippen molar-refractivity contribution >= 4 is 18.2 Å². The number of ether oxygens (including phenoxy) is 3. The van der Waals surface area contributed by atoms with Gasteiger partial charge in [0.2, 0.25) is 0 Å². The first-order valence-corrected chi connectivity index (χ1v) is 13.3. The predicted molar refractivity (Wildman–Crippen MR) is 146 cm³/mol. The summed E-state index contributed by atoms with van der Waals surface area (Å²) in [7, 11) is 1.32. The van der Waals surface area contributed by atoms with Crippen molar-refractivity contribution in [3.63, 3.8) is 0 Å². The lowest BCUT2D eigenvalue weighted by Crippen LogP contribution is -2.40. The summed E-state index contributed by atoms with van der Waals surface area (Å²) in [6.45, 7) is 13.0. The molecular formula is C29H40N4O7. The van der Waals surface area contributed by atoms with Crippen molar-refractivity contribution in [1.29, 1.82) is 0 Å². The summed E-state index contributed by atoms with van der Waals surface area (Å²) < 4.78 is 15.4. The van der Waals surface area contributed by atoms with Crippen LogP contribution in [0.3, 0.4) is 0 Å². The Bertz CT molecular complexity index is 1230. The second-order valence-corrected chi connectivity index (χ2v) is 11.7. The predicted octanol–water partition coefficient (Wildman–Crippen LogP) is 4.03. The number of rotatable bonds is 2. The number of methoxy groups -OCH3 is 1. The molecule has 40 heavy (non-hydrogen) atoms. The maximum absolute atomic E-state index is 12.1. The van der Waals surface area contributed by atoms with E-state index in [1.54, 1.807) is 15.9 Å². The van der Waals surface area contributed by atoms with E-state index in [9.17, 15) is 14.4 Å². The van der Waals surface area contributed by atoms with Gasteiger partial charge >= 0.3 is 18.2 Å². The Morgan fingerprint density at radius 2 is 1.27 bits per heavy atom. The summed E-state index contributed by atoms with van der Waals surface area (Å²) in [5.74, 6) is -0.479. The summed E-state index contributed by atoms with van der Waals surface area (Å²) >= 11 is 0. The van der Waals surface area contributed by atoms with Crippen molar-refractivity contribution in [1.82, 2.24) is 19.8 Å². The maximum Gasteiger partial charge on any atom is 0.410 e. The molecule has 1 N–H and O–H groups in total. The van der Waals surface area contributed by atoms with Crippen LogP contribution >= 0.6 is 0 Å². The van der Waals surface area contributed by atoms with Crippen LogP contribution in [0.15, 0.2) is 24.3 Å². The van der Waals surface area contributed by atoms with E-state index in [2.05, 4.69) is 14.7 Å². The second kappa shape index (κ2) is 12.6. The van der Waals surface area contributed by atoms with Gasteiger partial charge in [-0.25, -0.2) is 19.4 Å². The fourth-order valence-electron chi connectivity index (χ4n) is 4.14. The molecule has 4 heterocycles. The number of pyridine rings is 2. The lowest BCUT2D eigenvalue weighted by atomic mass is 10.0. The Hall–Kier alpha value is -3.73. The van der Waals surface area contributed by atoms with E-state index < -0.39 is 17.2 Å². The summed E-state index contributed by atoms with van der Waals surface area (Å²) in [5, 5.41) is 9.10. The quantitative estimate of drug-likeness (QED) is 0.430. The minimum atomic E-state index is -0.529.